The number of hydrogen-bond donors (Lipinski definition) is 1. The normalized spacial score (nSPS) is 10.8. The van der Waals surface area contributed by atoms with E-state index in [0.717, 1.165) is 28.4 Å². The molecule has 0 spiro atoms. The first-order valence-electron chi connectivity index (χ1n) is 12.2. The molecule has 0 unspecified atom stereocenters. The topological polar surface area (TPSA) is 15.3 Å². The van der Waals surface area contributed by atoms with Crippen molar-refractivity contribution >= 4 is 39.2 Å². The zero-order valence-corrected chi connectivity index (χ0v) is 19.9. The van der Waals surface area contributed by atoms with Gasteiger partial charge in [-0.1, -0.05) is 97.1 Å². The summed E-state index contributed by atoms with van der Waals surface area (Å²) in [5.41, 5.74) is 7.91. The molecule has 6 rings (SSSR count). The molecule has 0 aromatic heterocycles. The summed E-state index contributed by atoms with van der Waals surface area (Å²) in [5, 5.41) is 6.05. The minimum absolute atomic E-state index is 1.05. The maximum absolute atomic E-state index is 3.52. The lowest BCUT2D eigenvalue weighted by Crippen LogP contribution is -2.10. The van der Waals surface area contributed by atoms with E-state index < -0.39 is 0 Å². The number of hydrogen-bond acceptors (Lipinski definition) is 2. The summed E-state index contributed by atoms with van der Waals surface area (Å²) < 4.78 is 0. The van der Waals surface area contributed by atoms with Crippen LogP contribution in [0, 0.1) is 0 Å². The average Bonchev–Trinajstić information content (AvgIpc) is 2.95. The van der Waals surface area contributed by atoms with Crippen molar-refractivity contribution in [1.29, 1.82) is 0 Å². The Bertz CT molecular complexity index is 1580. The summed E-state index contributed by atoms with van der Waals surface area (Å²) in [5.74, 6) is 0. The molecule has 0 aliphatic heterocycles. The lowest BCUT2D eigenvalue weighted by molar-refractivity contribution is 1.28. The molecule has 1 N–H and O–H groups in total. The van der Waals surface area contributed by atoms with Crippen LogP contribution in [0.1, 0.15) is 0 Å². The molecule has 0 radical (unpaired) electrons. The van der Waals surface area contributed by atoms with E-state index in [1.165, 1.54) is 21.9 Å². The van der Waals surface area contributed by atoms with Gasteiger partial charge in [0.15, 0.2) is 0 Å². The second-order valence-electron chi connectivity index (χ2n) is 8.79. The Balaban J connectivity index is 1.39. The Labute approximate surface area is 212 Å². The van der Waals surface area contributed by atoms with Crippen molar-refractivity contribution in [3.63, 3.8) is 0 Å². The minimum Gasteiger partial charge on any atom is -0.355 e. The van der Waals surface area contributed by atoms with Crippen LogP contribution in [0.3, 0.4) is 0 Å². The first-order valence-corrected chi connectivity index (χ1v) is 12.2. The Kier molecular flexibility index (Phi) is 5.91. The second-order valence-corrected chi connectivity index (χ2v) is 8.79. The summed E-state index contributed by atoms with van der Waals surface area (Å²) in [7, 11) is 0. The summed E-state index contributed by atoms with van der Waals surface area (Å²) in [6.07, 6.45) is 0. The van der Waals surface area contributed by atoms with E-state index in [2.05, 4.69) is 144 Å². The van der Waals surface area contributed by atoms with Crippen molar-refractivity contribution in [2.24, 2.45) is 0 Å². The van der Waals surface area contributed by atoms with E-state index in [4.69, 9.17) is 0 Å². The number of nitrogens with one attached hydrogen (secondary N) is 1. The molecule has 6 aromatic carbocycles. The summed E-state index contributed by atoms with van der Waals surface area (Å²) in [6, 6.07) is 53.2. The van der Waals surface area contributed by atoms with Crippen LogP contribution in [-0.4, -0.2) is 0 Å². The molecule has 6 aromatic rings. The molecule has 0 bridgehead atoms. The minimum atomic E-state index is 1.05. The SMILES string of the molecule is c1ccc(Nc2cccc(N(c3ccccc3)c3ccc(-c4cccc5ccccc45)cc3)c2)cc1. The van der Waals surface area contributed by atoms with Gasteiger partial charge in [-0.2, -0.15) is 0 Å². The monoisotopic (exact) mass is 462 g/mol. The maximum atomic E-state index is 3.52. The number of para-hydroxylation sites is 2. The van der Waals surface area contributed by atoms with Gasteiger partial charge in [0.1, 0.15) is 0 Å². The van der Waals surface area contributed by atoms with Crippen molar-refractivity contribution in [1.82, 2.24) is 0 Å². The number of nitrogens with zero attached hydrogens (tertiary/aromatic N) is 1. The van der Waals surface area contributed by atoms with Gasteiger partial charge in [-0.3, -0.25) is 0 Å². The molecule has 2 heteroatoms. The fourth-order valence-corrected chi connectivity index (χ4v) is 4.70. The van der Waals surface area contributed by atoms with Gasteiger partial charge in [-0.05, 0) is 76.5 Å². The van der Waals surface area contributed by atoms with Crippen molar-refractivity contribution in [2.75, 3.05) is 10.2 Å². The maximum Gasteiger partial charge on any atom is 0.0482 e. The Morgan fingerprint density at radius 1 is 0.417 bits per heavy atom. The molecule has 0 fully saturated rings. The van der Waals surface area contributed by atoms with Crippen LogP contribution in [0.4, 0.5) is 28.4 Å². The van der Waals surface area contributed by atoms with Crippen LogP contribution >= 0.6 is 0 Å². The standard InChI is InChI=1S/C34H26N2/c1-3-13-28(14-4-1)35-29-15-10-18-32(25-29)36(30-16-5-2-6-17-30)31-23-21-27(22-24-31)34-20-9-12-26-11-7-8-19-33(26)34/h1-25,35H. The number of rotatable bonds is 6. The zero-order chi connectivity index (χ0) is 24.2. The number of anilines is 5. The molecule has 0 atom stereocenters. The highest BCUT2D eigenvalue weighted by Crippen LogP contribution is 2.37. The molecule has 0 aliphatic rings. The zero-order valence-electron chi connectivity index (χ0n) is 19.9. The third-order valence-electron chi connectivity index (χ3n) is 6.41. The van der Waals surface area contributed by atoms with E-state index in [0.29, 0.717) is 0 Å². The quantitative estimate of drug-likeness (QED) is 0.265. The molecule has 0 saturated heterocycles. The third-order valence-corrected chi connectivity index (χ3v) is 6.41. The molecule has 172 valence electrons. The summed E-state index contributed by atoms with van der Waals surface area (Å²) in [6.45, 7) is 0. The lowest BCUT2D eigenvalue weighted by Gasteiger charge is -2.26. The van der Waals surface area contributed by atoms with E-state index in [9.17, 15) is 0 Å². The molecular weight excluding hydrogens is 436 g/mol. The van der Waals surface area contributed by atoms with Crippen LogP contribution in [0.2, 0.25) is 0 Å². The van der Waals surface area contributed by atoms with Gasteiger partial charge < -0.3 is 10.2 Å². The third kappa shape index (κ3) is 4.45. The van der Waals surface area contributed by atoms with E-state index in [1.54, 1.807) is 0 Å². The highest BCUT2D eigenvalue weighted by molar-refractivity contribution is 5.97. The fraction of sp³-hybridized carbons (Fsp3) is 0. The van der Waals surface area contributed by atoms with Gasteiger partial charge >= 0.3 is 0 Å². The molecule has 0 heterocycles. The van der Waals surface area contributed by atoms with E-state index in [1.807, 2.05) is 18.2 Å². The van der Waals surface area contributed by atoms with Gasteiger partial charge in [0.2, 0.25) is 0 Å². The lowest BCUT2D eigenvalue weighted by atomic mass is 9.98. The second kappa shape index (κ2) is 9.81. The first kappa shape index (κ1) is 21.7. The van der Waals surface area contributed by atoms with Crippen LogP contribution < -0.4 is 10.2 Å². The predicted molar refractivity (Wildman–Crippen MR) is 154 cm³/mol. The predicted octanol–water partition coefficient (Wildman–Crippen LogP) is 9.72. The first-order chi connectivity index (χ1) is 17.8. The van der Waals surface area contributed by atoms with E-state index in [-0.39, 0.29) is 0 Å². The van der Waals surface area contributed by atoms with Gasteiger partial charge in [0.05, 0.1) is 0 Å². The molecule has 36 heavy (non-hydrogen) atoms. The van der Waals surface area contributed by atoms with Crippen molar-refractivity contribution < 1.29 is 0 Å². The molecular formula is C34H26N2. The molecule has 0 aliphatic carbocycles. The van der Waals surface area contributed by atoms with Crippen LogP contribution in [0.25, 0.3) is 21.9 Å². The van der Waals surface area contributed by atoms with Crippen molar-refractivity contribution in [3.05, 3.63) is 152 Å². The smallest absolute Gasteiger partial charge is 0.0482 e. The van der Waals surface area contributed by atoms with Gasteiger partial charge in [-0.25, -0.2) is 0 Å². The van der Waals surface area contributed by atoms with Gasteiger partial charge in [0.25, 0.3) is 0 Å². The van der Waals surface area contributed by atoms with Crippen molar-refractivity contribution in [3.8, 4) is 11.1 Å². The Morgan fingerprint density at radius 3 is 1.81 bits per heavy atom. The van der Waals surface area contributed by atoms with Crippen LogP contribution in [0.5, 0.6) is 0 Å². The number of benzene rings is 6. The molecule has 0 saturated carbocycles. The van der Waals surface area contributed by atoms with Gasteiger partial charge in [0, 0.05) is 28.4 Å². The molecule has 0 amide bonds. The largest absolute Gasteiger partial charge is 0.355 e. The fourth-order valence-electron chi connectivity index (χ4n) is 4.70. The summed E-state index contributed by atoms with van der Waals surface area (Å²) in [4.78, 5) is 2.29. The number of fused-ring (bicyclic) bond motifs is 1. The van der Waals surface area contributed by atoms with Crippen LogP contribution in [-0.2, 0) is 0 Å². The van der Waals surface area contributed by atoms with E-state index >= 15 is 0 Å². The Morgan fingerprint density at radius 2 is 1.00 bits per heavy atom. The van der Waals surface area contributed by atoms with Gasteiger partial charge in [-0.15, -0.1) is 0 Å². The highest BCUT2D eigenvalue weighted by Gasteiger charge is 2.13. The highest BCUT2D eigenvalue weighted by atomic mass is 15.1. The van der Waals surface area contributed by atoms with Crippen molar-refractivity contribution in [2.45, 2.75) is 0 Å². The summed E-state index contributed by atoms with van der Waals surface area (Å²) >= 11 is 0. The molecule has 2 nitrogen and oxygen atoms in total. The Hall–Kier alpha value is -4.82. The average molecular weight is 463 g/mol. The van der Waals surface area contributed by atoms with Crippen LogP contribution in [0.15, 0.2) is 152 Å².